The molecule has 0 bridgehead atoms. The molecule has 4 rings (SSSR count). The number of carbonyl (C=O) groups is 1. The second-order valence-electron chi connectivity index (χ2n) is 8.69. The molecule has 6 nitrogen and oxygen atoms in total. The van der Waals surface area contributed by atoms with Crippen molar-refractivity contribution in [2.45, 2.75) is 37.6 Å². The molecule has 1 aliphatic heterocycles. The average Bonchev–Trinajstić information content (AvgIpc) is 2.88. The summed E-state index contributed by atoms with van der Waals surface area (Å²) in [6, 6.07) is 19.4. The maximum Gasteiger partial charge on any atom is 0.264 e. The molecule has 184 valence electrons. The summed E-state index contributed by atoms with van der Waals surface area (Å²) in [4.78, 5) is 14.9. The fourth-order valence-corrected chi connectivity index (χ4v) is 6.33. The van der Waals surface area contributed by atoms with Crippen molar-refractivity contribution in [3.8, 4) is 5.75 Å². The fourth-order valence-electron chi connectivity index (χ4n) is 4.16. The molecule has 0 aromatic heterocycles. The lowest BCUT2D eigenvalue weighted by atomic mass is 10.1. The SMILES string of the molecule is COc1ccc(S(=O)(=O)N(Cc2ccc(C(=O)N3CCCCC3)cc2)c2ccc(C)cc2)cc1Br. The Morgan fingerprint density at radius 2 is 1.63 bits per heavy atom. The molecule has 1 heterocycles. The Labute approximate surface area is 215 Å². The summed E-state index contributed by atoms with van der Waals surface area (Å²) in [7, 11) is -2.35. The van der Waals surface area contributed by atoms with Crippen LogP contribution >= 0.6 is 15.9 Å². The first-order valence-electron chi connectivity index (χ1n) is 11.6. The number of anilines is 1. The highest BCUT2D eigenvalue weighted by atomic mass is 79.9. The average molecular weight is 558 g/mol. The van der Waals surface area contributed by atoms with Gasteiger partial charge in [0.2, 0.25) is 0 Å². The predicted molar refractivity (Wildman–Crippen MR) is 141 cm³/mol. The van der Waals surface area contributed by atoms with Crippen LogP contribution in [0.3, 0.4) is 0 Å². The van der Waals surface area contributed by atoms with Crippen LogP contribution in [0.4, 0.5) is 5.69 Å². The van der Waals surface area contributed by atoms with E-state index in [1.54, 1.807) is 42.5 Å². The Kier molecular flexibility index (Phi) is 7.82. The normalized spacial score (nSPS) is 14.0. The van der Waals surface area contributed by atoms with Gasteiger partial charge >= 0.3 is 0 Å². The van der Waals surface area contributed by atoms with Crippen molar-refractivity contribution >= 4 is 37.5 Å². The van der Waals surface area contributed by atoms with Gasteiger partial charge in [0.1, 0.15) is 5.75 Å². The summed E-state index contributed by atoms with van der Waals surface area (Å²) in [6.07, 6.45) is 3.24. The predicted octanol–water partition coefficient (Wildman–Crippen LogP) is 5.79. The van der Waals surface area contributed by atoms with E-state index in [-0.39, 0.29) is 17.3 Å². The molecule has 0 aliphatic carbocycles. The second kappa shape index (κ2) is 10.8. The molecule has 35 heavy (non-hydrogen) atoms. The minimum atomic E-state index is -3.88. The number of nitrogens with zero attached hydrogens (tertiary/aromatic N) is 2. The van der Waals surface area contributed by atoms with Crippen molar-refractivity contribution in [1.29, 1.82) is 0 Å². The molecule has 3 aromatic rings. The largest absolute Gasteiger partial charge is 0.496 e. The van der Waals surface area contributed by atoms with E-state index in [4.69, 9.17) is 4.74 Å². The zero-order valence-corrected chi connectivity index (χ0v) is 22.3. The van der Waals surface area contributed by atoms with Crippen molar-refractivity contribution in [1.82, 2.24) is 4.90 Å². The van der Waals surface area contributed by atoms with Crippen LogP contribution in [0.25, 0.3) is 0 Å². The molecule has 0 spiro atoms. The summed E-state index contributed by atoms with van der Waals surface area (Å²) in [5.41, 5.74) is 3.02. The van der Waals surface area contributed by atoms with Gasteiger partial charge in [0, 0.05) is 18.7 Å². The first-order chi connectivity index (χ1) is 16.8. The van der Waals surface area contributed by atoms with Crippen molar-refractivity contribution in [2.75, 3.05) is 24.5 Å². The molecule has 0 saturated carbocycles. The number of piperidine rings is 1. The Hall–Kier alpha value is -2.84. The highest BCUT2D eigenvalue weighted by molar-refractivity contribution is 9.10. The monoisotopic (exact) mass is 556 g/mol. The van der Waals surface area contributed by atoms with Crippen LogP contribution in [0, 0.1) is 6.92 Å². The molecule has 0 N–H and O–H groups in total. The van der Waals surface area contributed by atoms with E-state index in [1.165, 1.54) is 11.4 Å². The van der Waals surface area contributed by atoms with Gasteiger partial charge in [0.15, 0.2) is 0 Å². The van der Waals surface area contributed by atoms with Gasteiger partial charge in [-0.1, -0.05) is 29.8 Å². The van der Waals surface area contributed by atoms with Crippen molar-refractivity contribution in [2.24, 2.45) is 0 Å². The van der Waals surface area contributed by atoms with E-state index in [9.17, 15) is 13.2 Å². The van der Waals surface area contributed by atoms with Gasteiger partial charge in [-0.2, -0.15) is 0 Å². The van der Waals surface area contributed by atoms with E-state index in [1.807, 2.05) is 36.1 Å². The molecule has 1 aliphatic rings. The maximum atomic E-state index is 13.8. The zero-order chi connectivity index (χ0) is 25.0. The zero-order valence-electron chi connectivity index (χ0n) is 19.9. The molecule has 8 heteroatoms. The molecule has 1 saturated heterocycles. The number of aryl methyl sites for hydroxylation is 1. The fraction of sp³-hybridized carbons (Fsp3) is 0.296. The summed E-state index contributed by atoms with van der Waals surface area (Å²) in [5.74, 6) is 0.585. The standard InChI is InChI=1S/C27H29BrN2O4S/c1-20-6-12-23(13-7-20)30(35(32,33)24-14-15-26(34-2)25(28)18-24)19-21-8-10-22(11-9-21)27(31)29-16-4-3-5-17-29/h6-15,18H,3-5,16-17,19H2,1-2H3. The molecule has 0 atom stereocenters. The number of amides is 1. The number of carbonyl (C=O) groups excluding carboxylic acids is 1. The quantitative estimate of drug-likeness (QED) is 0.369. The van der Waals surface area contributed by atoms with E-state index < -0.39 is 10.0 Å². The summed E-state index contributed by atoms with van der Waals surface area (Å²) in [6.45, 7) is 3.67. The number of hydrogen-bond acceptors (Lipinski definition) is 4. The summed E-state index contributed by atoms with van der Waals surface area (Å²) >= 11 is 3.39. The Morgan fingerprint density at radius 3 is 2.23 bits per heavy atom. The number of benzene rings is 3. The van der Waals surface area contributed by atoms with Crippen LogP contribution < -0.4 is 9.04 Å². The van der Waals surface area contributed by atoms with Gasteiger partial charge in [-0.3, -0.25) is 9.10 Å². The lowest BCUT2D eigenvalue weighted by molar-refractivity contribution is 0.0724. The van der Waals surface area contributed by atoms with Gasteiger partial charge in [0.05, 0.1) is 28.7 Å². The number of rotatable bonds is 7. The van der Waals surface area contributed by atoms with Crippen LogP contribution in [-0.2, 0) is 16.6 Å². The van der Waals surface area contributed by atoms with Crippen LogP contribution in [0.5, 0.6) is 5.75 Å². The number of methoxy groups -OCH3 is 1. The van der Waals surface area contributed by atoms with Crippen molar-refractivity contribution < 1.29 is 17.9 Å². The van der Waals surface area contributed by atoms with Crippen molar-refractivity contribution in [3.63, 3.8) is 0 Å². The molecule has 3 aromatic carbocycles. The highest BCUT2D eigenvalue weighted by Gasteiger charge is 2.26. The Balaban J connectivity index is 1.64. The van der Waals surface area contributed by atoms with Crippen LogP contribution in [0.15, 0.2) is 76.1 Å². The van der Waals surface area contributed by atoms with Crippen LogP contribution in [0.1, 0.15) is 40.7 Å². The number of likely N-dealkylation sites (tertiary alicyclic amines) is 1. The Morgan fingerprint density at radius 1 is 0.971 bits per heavy atom. The third kappa shape index (κ3) is 5.70. The van der Waals surface area contributed by atoms with Gasteiger partial charge in [-0.05, 0) is 90.1 Å². The van der Waals surface area contributed by atoms with Gasteiger partial charge in [0.25, 0.3) is 15.9 Å². The Bertz CT molecular complexity index is 1290. The van der Waals surface area contributed by atoms with E-state index in [0.29, 0.717) is 21.5 Å². The van der Waals surface area contributed by atoms with Gasteiger partial charge in [-0.15, -0.1) is 0 Å². The number of halogens is 1. The molecule has 0 unspecified atom stereocenters. The third-order valence-electron chi connectivity index (χ3n) is 6.20. The third-order valence-corrected chi connectivity index (χ3v) is 8.59. The van der Waals surface area contributed by atoms with Crippen LogP contribution in [0.2, 0.25) is 0 Å². The van der Waals surface area contributed by atoms with Crippen molar-refractivity contribution in [3.05, 3.63) is 87.9 Å². The second-order valence-corrected chi connectivity index (χ2v) is 11.4. The molecule has 1 fully saturated rings. The maximum absolute atomic E-state index is 13.8. The van der Waals surface area contributed by atoms with Gasteiger partial charge < -0.3 is 9.64 Å². The smallest absolute Gasteiger partial charge is 0.264 e. The molecule has 0 radical (unpaired) electrons. The topological polar surface area (TPSA) is 66.9 Å². The highest BCUT2D eigenvalue weighted by Crippen LogP contribution is 2.32. The van der Waals surface area contributed by atoms with Crippen LogP contribution in [-0.4, -0.2) is 39.4 Å². The molecular formula is C27H29BrN2O4S. The first-order valence-corrected chi connectivity index (χ1v) is 13.8. The molecular weight excluding hydrogens is 528 g/mol. The lowest BCUT2D eigenvalue weighted by Crippen LogP contribution is -2.35. The van der Waals surface area contributed by atoms with E-state index in [2.05, 4.69) is 15.9 Å². The summed E-state index contributed by atoms with van der Waals surface area (Å²) in [5, 5.41) is 0. The van der Waals surface area contributed by atoms with E-state index >= 15 is 0 Å². The molecule has 1 amide bonds. The first kappa shape index (κ1) is 25.3. The van der Waals surface area contributed by atoms with E-state index in [0.717, 1.165) is 43.5 Å². The number of hydrogen-bond donors (Lipinski definition) is 0. The minimum Gasteiger partial charge on any atom is -0.496 e. The summed E-state index contributed by atoms with van der Waals surface area (Å²) < 4.78 is 34.7. The lowest BCUT2D eigenvalue weighted by Gasteiger charge is -2.27. The number of sulfonamides is 1. The van der Waals surface area contributed by atoms with Gasteiger partial charge in [-0.25, -0.2) is 8.42 Å². The minimum absolute atomic E-state index is 0.0299. The number of ether oxygens (including phenoxy) is 1.